The minimum absolute atomic E-state index is 0.180. The van der Waals surface area contributed by atoms with Gasteiger partial charge in [0.05, 0.1) is 17.5 Å². The van der Waals surface area contributed by atoms with Gasteiger partial charge in [0, 0.05) is 30.9 Å². The molecule has 3 aromatic rings. The van der Waals surface area contributed by atoms with E-state index >= 15 is 0 Å². The lowest BCUT2D eigenvalue weighted by atomic mass is 9.99. The van der Waals surface area contributed by atoms with Gasteiger partial charge in [-0.2, -0.15) is 5.10 Å². The monoisotopic (exact) mass is 365 g/mol. The van der Waals surface area contributed by atoms with Crippen molar-refractivity contribution in [1.82, 2.24) is 30.7 Å². The first-order valence-corrected chi connectivity index (χ1v) is 9.14. The molecule has 1 fully saturated rings. The quantitative estimate of drug-likeness (QED) is 0.651. The maximum Gasteiger partial charge on any atom is 0.256 e. The smallest absolute Gasteiger partial charge is 0.256 e. The van der Waals surface area contributed by atoms with E-state index in [1.54, 1.807) is 18.5 Å². The summed E-state index contributed by atoms with van der Waals surface area (Å²) in [6.45, 7) is 3.23. The molecule has 1 aliphatic heterocycles. The van der Waals surface area contributed by atoms with E-state index in [0.29, 0.717) is 29.0 Å². The fourth-order valence-electron chi connectivity index (χ4n) is 3.55. The largest absolute Gasteiger partial charge is 0.355 e. The van der Waals surface area contributed by atoms with Crippen molar-refractivity contribution in [1.29, 1.82) is 0 Å². The van der Waals surface area contributed by atoms with Crippen LogP contribution < -0.4 is 15.8 Å². The molecule has 1 saturated heterocycles. The molecule has 4 rings (SSSR count). The minimum atomic E-state index is -0.180. The highest BCUT2D eigenvalue weighted by molar-refractivity contribution is 5.64. The summed E-state index contributed by atoms with van der Waals surface area (Å²) in [7, 11) is 2.06. The lowest BCUT2D eigenvalue weighted by Gasteiger charge is -2.35. The van der Waals surface area contributed by atoms with Crippen LogP contribution in [0.4, 0.5) is 5.82 Å². The van der Waals surface area contributed by atoms with Crippen LogP contribution in [0.2, 0.25) is 0 Å². The van der Waals surface area contributed by atoms with Crippen LogP contribution in [-0.2, 0) is 0 Å². The van der Waals surface area contributed by atoms with Gasteiger partial charge in [-0.15, -0.1) is 10.2 Å². The number of nitrogens with zero attached hydrogens (tertiary/aromatic N) is 4. The second-order valence-corrected chi connectivity index (χ2v) is 7.02. The van der Waals surface area contributed by atoms with Crippen LogP contribution in [0.15, 0.2) is 41.5 Å². The molecule has 1 aliphatic rings. The van der Waals surface area contributed by atoms with Crippen molar-refractivity contribution in [2.24, 2.45) is 0 Å². The Balaban J connectivity index is 1.54. The fraction of sp³-hybridized carbons (Fsp3) is 0.368. The van der Waals surface area contributed by atoms with E-state index < -0.39 is 0 Å². The highest BCUT2D eigenvalue weighted by Gasteiger charge is 2.23. The van der Waals surface area contributed by atoms with Gasteiger partial charge >= 0.3 is 0 Å². The third-order valence-corrected chi connectivity index (χ3v) is 5.15. The molecule has 4 heterocycles. The Hall–Kier alpha value is -3.00. The molecule has 140 valence electrons. The Morgan fingerprint density at radius 3 is 2.74 bits per heavy atom. The summed E-state index contributed by atoms with van der Waals surface area (Å²) < 4.78 is 0. The molecule has 8 nitrogen and oxygen atoms in total. The number of H-pyrrole nitrogens is 2. The zero-order chi connectivity index (χ0) is 18.8. The van der Waals surface area contributed by atoms with Gasteiger partial charge in [-0.05, 0) is 50.6 Å². The number of piperidine rings is 1. The summed E-state index contributed by atoms with van der Waals surface area (Å²) in [6, 6.07) is 8.43. The van der Waals surface area contributed by atoms with Gasteiger partial charge in [-0.3, -0.25) is 9.89 Å². The lowest BCUT2D eigenvalue weighted by molar-refractivity contribution is 0.370. The molecule has 0 radical (unpaired) electrons. The van der Waals surface area contributed by atoms with Crippen LogP contribution in [0.5, 0.6) is 0 Å². The van der Waals surface area contributed by atoms with Crippen LogP contribution >= 0.6 is 0 Å². The molecule has 27 heavy (non-hydrogen) atoms. The predicted molar refractivity (Wildman–Crippen MR) is 105 cm³/mol. The molecule has 0 bridgehead atoms. The first-order valence-electron chi connectivity index (χ1n) is 9.14. The maximum atomic E-state index is 12.4. The highest BCUT2D eigenvalue weighted by atomic mass is 16.1. The van der Waals surface area contributed by atoms with Gasteiger partial charge in [-0.1, -0.05) is 0 Å². The van der Waals surface area contributed by atoms with E-state index in [1.165, 1.54) is 0 Å². The summed E-state index contributed by atoms with van der Waals surface area (Å²) >= 11 is 0. The number of hydrogen-bond donors (Lipinski definition) is 3. The Kier molecular flexibility index (Phi) is 4.72. The molecule has 0 aliphatic carbocycles. The first kappa shape index (κ1) is 17.4. The summed E-state index contributed by atoms with van der Waals surface area (Å²) in [5.41, 5.74) is 2.42. The van der Waals surface area contributed by atoms with Gasteiger partial charge in [0.25, 0.3) is 5.56 Å². The Labute approximate surface area is 157 Å². The molecule has 0 amide bonds. The molecule has 3 N–H and O–H groups in total. The van der Waals surface area contributed by atoms with Crippen molar-refractivity contribution >= 4 is 5.82 Å². The molecule has 2 atom stereocenters. The van der Waals surface area contributed by atoms with Crippen LogP contribution in [0.3, 0.4) is 0 Å². The van der Waals surface area contributed by atoms with Crippen molar-refractivity contribution in [3.05, 3.63) is 47.0 Å². The molecule has 0 spiro atoms. The third kappa shape index (κ3) is 3.61. The summed E-state index contributed by atoms with van der Waals surface area (Å²) in [6.07, 6.45) is 5.49. The third-order valence-electron chi connectivity index (χ3n) is 5.15. The minimum Gasteiger partial charge on any atom is -0.355 e. The lowest BCUT2D eigenvalue weighted by Crippen LogP contribution is -2.45. The maximum absolute atomic E-state index is 12.4. The van der Waals surface area contributed by atoms with E-state index in [-0.39, 0.29) is 5.56 Å². The van der Waals surface area contributed by atoms with E-state index in [0.717, 1.165) is 30.8 Å². The van der Waals surface area contributed by atoms with Gasteiger partial charge in [0.15, 0.2) is 5.82 Å². The molecule has 0 aromatic carbocycles. The van der Waals surface area contributed by atoms with E-state index in [1.807, 2.05) is 18.2 Å². The van der Waals surface area contributed by atoms with Crippen molar-refractivity contribution in [3.8, 4) is 22.5 Å². The topological polar surface area (TPSA) is 103 Å². The number of nitrogens with one attached hydrogen (secondary N) is 3. The molecule has 0 saturated carbocycles. The second-order valence-electron chi connectivity index (χ2n) is 7.02. The summed E-state index contributed by atoms with van der Waals surface area (Å²) in [4.78, 5) is 17.4. The molecule has 2 unspecified atom stereocenters. The average molecular weight is 365 g/mol. The van der Waals surface area contributed by atoms with Gasteiger partial charge in [0.1, 0.15) is 5.69 Å². The zero-order valence-electron chi connectivity index (χ0n) is 15.4. The Morgan fingerprint density at radius 1 is 1.19 bits per heavy atom. The summed E-state index contributed by atoms with van der Waals surface area (Å²) in [5.74, 6) is 0.843. The van der Waals surface area contributed by atoms with Crippen molar-refractivity contribution in [2.45, 2.75) is 31.8 Å². The van der Waals surface area contributed by atoms with Crippen LogP contribution in [0.1, 0.15) is 19.8 Å². The Morgan fingerprint density at radius 2 is 2.07 bits per heavy atom. The van der Waals surface area contributed by atoms with Crippen LogP contribution in [0, 0.1) is 0 Å². The summed E-state index contributed by atoms with van der Waals surface area (Å²) in [5, 5.41) is 18.8. The fourth-order valence-corrected chi connectivity index (χ4v) is 3.55. The number of rotatable bonds is 4. The van der Waals surface area contributed by atoms with E-state index in [4.69, 9.17) is 0 Å². The van der Waals surface area contributed by atoms with Gasteiger partial charge in [0.2, 0.25) is 0 Å². The van der Waals surface area contributed by atoms with Crippen molar-refractivity contribution < 1.29 is 0 Å². The Bertz CT molecular complexity index is 949. The van der Waals surface area contributed by atoms with Gasteiger partial charge in [-0.25, -0.2) is 0 Å². The average Bonchev–Trinajstić information content (AvgIpc) is 3.22. The first-order chi connectivity index (χ1) is 13.1. The van der Waals surface area contributed by atoms with Crippen molar-refractivity contribution in [3.63, 3.8) is 0 Å². The molecular weight excluding hydrogens is 342 g/mol. The number of anilines is 1. The van der Waals surface area contributed by atoms with Crippen LogP contribution in [0.25, 0.3) is 22.5 Å². The van der Waals surface area contributed by atoms with Crippen molar-refractivity contribution in [2.75, 3.05) is 18.5 Å². The number of aromatic nitrogens is 5. The highest BCUT2D eigenvalue weighted by Crippen LogP contribution is 2.22. The standard InChI is InChI=1S/C19H23N7O/c1-12-9-14(7-8-20-12)26(2)18-6-5-17(24-25-18)16-4-3-15(19(27)23-16)13-10-21-22-11-13/h3-6,10-12,14,20H,7-9H2,1-2H3,(H,21,22)(H,23,27). The van der Waals surface area contributed by atoms with E-state index in [9.17, 15) is 4.79 Å². The number of pyridine rings is 1. The van der Waals surface area contributed by atoms with Gasteiger partial charge < -0.3 is 15.2 Å². The molecule has 3 aromatic heterocycles. The predicted octanol–water partition coefficient (Wildman–Crippen LogP) is 1.80. The second kappa shape index (κ2) is 7.32. The SMILES string of the molecule is CC1CC(N(C)c2ccc(-c3ccc(-c4cn[nH]c4)c(=O)[nH]3)nn2)CCN1. The zero-order valence-corrected chi connectivity index (χ0v) is 15.4. The molecular formula is C19H23N7O. The van der Waals surface area contributed by atoms with Crippen LogP contribution in [-0.4, -0.2) is 51.1 Å². The van der Waals surface area contributed by atoms with E-state index in [2.05, 4.69) is 49.6 Å². The number of hydrogen-bond acceptors (Lipinski definition) is 6. The number of aromatic amines is 2. The normalized spacial score (nSPS) is 19.8. The molecule has 8 heteroatoms.